The van der Waals surface area contributed by atoms with Crippen LogP contribution in [0.15, 0.2) is 48.5 Å². The molecule has 2 unspecified atom stereocenters. The lowest BCUT2D eigenvalue weighted by molar-refractivity contribution is -0.147. The number of carboxylic acids is 1. The number of carbonyl (C=O) groups excluding carboxylic acids is 2. The summed E-state index contributed by atoms with van der Waals surface area (Å²) < 4.78 is 5.61. The number of amides is 2. The van der Waals surface area contributed by atoms with E-state index in [1.807, 2.05) is 31.2 Å². The lowest BCUT2D eigenvalue weighted by atomic mass is 9.94. The molecule has 2 aromatic rings. The number of carboxylic acid groups (broad SMARTS) is 1. The summed E-state index contributed by atoms with van der Waals surface area (Å²) in [6.45, 7) is 3.99. The lowest BCUT2D eigenvalue weighted by Crippen LogP contribution is -2.52. The molecule has 0 aromatic heterocycles. The van der Waals surface area contributed by atoms with Crippen LogP contribution in [-0.2, 0) is 14.3 Å². The average molecular weight is 479 g/mol. The Hall–Kier alpha value is -3.35. The minimum absolute atomic E-state index is 0.00887. The summed E-state index contributed by atoms with van der Waals surface area (Å²) in [7, 11) is 0. The lowest BCUT2D eigenvalue weighted by Gasteiger charge is -2.27. The third kappa shape index (κ3) is 5.66. The molecule has 2 atom stereocenters. The molecule has 7 heteroatoms. The van der Waals surface area contributed by atoms with E-state index in [1.165, 1.54) is 18.1 Å². The minimum Gasteiger partial charge on any atom is -0.480 e. The predicted octanol–water partition coefficient (Wildman–Crippen LogP) is 4.70. The SMILES string of the molecule is CCCC(C)(NC(=O)CC(CNC(=O)OCC1c2ccccc2-c2ccccc21)C1CC1)C(=O)O. The summed E-state index contributed by atoms with van der Waals surface area (Å²) >= 11 is 0. The molecule has 35 heavy (non-hydrogen) atoms. The fourth-order valence-corrected chi connectivity index (χ4v) is 5.16. The van der Waals surface area contributed by atoms with Crippen molar-refractivity contribution in [2.75, 3.05) is 13.2 Å². The molecule has 1 saturated carbocycles. The highest BCUT2D eigenvalue weighted by Gasteiger charge is 2.37. The van der Waals surface area contributed by atoms with Gasteiger partial charge in [-0.3, -0.25) is 4.79 Å². The standard InChI is InChI=1S/C28H34N2O5/c1-3-14-28(2,26(32)33)30-25(31)15-19(18-12-13-18)16-29-27(34)35-17-24-22-10-6-4-8-20(22)21-9-5-7-11-23(21)24/h4-11,18-19,24H,3,12-17H2,1-2H3,(H,29,34)(H,30,31)(H,32,33). The Kier molecular flexibility index (Phi) is 7.43. The number of aliphatic carboxylic acids is 1. The summed E-state index contributed by atoms with van der Waals surface area (Å²) in [6, 6.07) is 16.4. The summed E-state index contributed by atoms with van der Waals surface area (Å²) in [5.41, 5.74) is 3.38. The molecular weight excluding hydrogens is 444 g/mol. The van der Waals surface area contributed by atoms with Crippen LogP contribution in [0.5, 0.6) is 0 Å². The van der Waals surface area contributed by atoms with E-state index in [-0.39, 0.29) is 30.8 Å². The highest BCUT2D eigenvalue weighted by Crippen LogP contribution is 2.44. The van der Waals surface area contributed by atoms with Crippen molar-refractivity contribution in [1.29, 1.82) is 0 Å². The number of hydrogen-bond acceptors (Lipinski definition) is 4. The molecule has 2 aliphatic rings. The van der Waals surface area contributed by atoms with Crippen LogP contribution in [0.3, 0.4) is 0 Å². The molecule has 186 valence electrons. The maximum atomic E-state index is 12.6. The highest BCUT2D eigenvalue weighted by molar-refractivity contribution is 5.86. The van der Waals surface area contributed by atoms with E-state index in [9.17, 15) is 19.5 Å². The van der Waals surface area contributed by atoms with Crippen molar-refractivity contribution in [2.24, 2.45) is 11.8 Å². The molecule has 2 amide bonds. The second kappa shape index (κ2) is 10.5. The minimum atomic E-state index is -1.28. The summed E-state index contributed by atoms with van der Waals surface area (Å²) in [6.07, 6.45) is 2.71. The van der Waals surface area contributed by atoms with Crippen LogP contribution in [0.4, 0.5) is 4.79 Å². The number of rotatable bonds is 11. The van der Waals surface area contributed by atoms with Crippen molar-refractivity contribution in [3.63, 3.8) is 0 Å². The molecule has 7 nitrogen and oxygen atoms in total. The number of alkyl carbamates (subject to hydrolysis) is 1. The van der Waals surface area contributed by atoms with E-state index < -0.39 is 17.6 Å². The molecule has 0 heterocycles. The Labute approximate surface area is 206 Å². The first kappa shape index (κ1) is 24.8. The second-order valence-electron chi connectivity index (χ2n) is 9.94. The van der Waals surface area contributed by atoms with Gasteiger partial charge >= 0.3 is 12.1 Å². The topological polar surface area (TPSA) is 105 Å². The second-order valence-corrected chi connectivity index (χ2v) is 9.94. The van der Waals surface area contributed by atoms with Crippen LogP contribution >= 0.6 is 0 Å². The zero-order valence-corrected chi connectivity index (χ0v) is 20.4. The maximum absolute atomic E-state index is 12.6. The Balaban J connectivity index is 1.31. The van der Waals surface area contributed by atoms with Gasteiger partial charge in [-0.2, -0.15) is 0 Å². The van der Waals surface area contributed by atoms with Crippen LogP contribution < -0.4 is 10.6 Å². The predicted molar refractivity (Wildman–Crippen MR) is 133 cm³/mol. The van der Waals surface area contributed by atoms with Crippen molar-refractivity contribution < 1.29 is 24.2 Å². The number of benzene rings is 2. The van der Waals surface area contributed by atoms with Crippen molar-refractivity contribution >= 4 is 18.0 Å². The zero-order valence-electron chi connectivity index (χ0n) is 20.4. The molecule has 0 bridgehead atoms. The van der Waals surface area contributed by atoms with E-state index in [0.717, 1.165) is 24.0 Å². The van der Waals surface area contributed by atoms with Crippen LogP contribution in [0.1, 0.15) is 63.0 Å². The third-order valence-electron chi connectivity index (χ3n) is 7.23. The van der Waals surface area contributed by atoms with Gasteiger partial charge in [0.05, 0.1) is 0 Å². The first-order chi connectivity index (χ1) is 16.8. The van der Waals surface area contributed by atoms with E-state index in [1.54, 1.807) is 0 Å². The number of ether oxygens (including phenoxy) is 1. The van der Waals surface area contributed by atoms with E-state index >= 15 is 0 Å². The van der Waals surface area contributed by atoms with Gasteiger partial charge in [0.2, 0.25) is 5.91 Å². The maximum Gasteiger partial charge on any atom is 0.407 e. The Morgan fingerprint density at radius 2 is 1.66 bits per heavy atom. The zero-order chi connectivity index (χ0) is 25.0. The van der Waals surface area contributed by atoms with Gasteiger partial charge in [-0.05, 0) is 60.3 Å². The Morgan fingerprint density at radius 3 is 2.20 bits per heavy atom. The molecule has 0 aliphatic heterocycles. The number of hydrogen-bond donors (Lipinski definition) is 3. The quantitative estimate of drug-likeness (QED) is 0.434. The number of nitrogens with one attached hydrogen (secondary N) is 2. The van der Waals surface area contributed by atoms with E-state index in [4.69, 9.17) is 4.74 Å². The van der Waals surface area contributed by atoms with Crippen LogP contribution in [-0.4, -0.2) is 41.8 Å². The largest absolute Gasteiger partial charge is 0.480 e. The summed E-state index contributed by atoms with van der Waals surface area (Å²) in [4.78, 5) is 36.8. The van der Waals surface area contributed by atoms with Crippen molar-refractivity contribution in [1.82, 2.24) is 10.6 Å². The molecule has 4 rings (SSSR count). The van der Waals surface area contributed by atoms with Crippen molar-refractivity contribution in [3.8, 4) is 11.1 Å². The molecule has 0 saturated heterocycles. The molecule has 0 spiro atoms. The number of carbonyl (C=O) groups is 3. The third-order valence-corrected chi connectivity index (χ3v) is 7.23. The van der Waals surface area contributed by atoms with Crippen LogP contribution in [0.2, 0.25) is 0 Å². The highest BCUT2D eigenvalue weighted by atomic mass is 16.5. The first-order valence-corrected chi connectivity index (χ1v) is 12.5. The Morgan fingerprint density at radius 1 is 1.06 bits per heavy atom. The van der Waals surface area contributed by atoms with Gasteiger partial charge in [0.15, 0.2) is 0 Å². The van der Waals surface area contributed by atoms with Gasteiger partial charge < -0.3 is 20.5 Å². The molecule has 3 N–H and O–H groups in total. The molecule has 2 aliphatic carbocycles. The van der Waals surface area contributed by atoms with Gasteiger partial charge in [0.25, 0.3) is 0 Å². The normalized spacial score (nSPS) is 17.0. The average Bonchev–Trinajstić information content (AvgIpc) is 3.63. The van der Waals surface area contributed by atoms with Gasteiger partial charge in [-0.25, -0.2) is 9.59 Å². The van der Waals surface area contributed by atoms with Crippen molar-refractivity contribution in [3.05, 3.63) is 59.7 Å². The van der Waals surface area contributed by atoms with E-state index in [0.29, 0.717) is 25.3 Å². The Bertz CT molecular complexity index is 1050. The molecular formula is C28H34N2O5. The van der Waals surface area contributed by atoms with Gasteiger partial charge in [0, 0.05) is 18.9 Å². The van der Waals surface area contributed by atoms with Crippen LogP contribution in [0.25, 0.3) is 11.1 Å². The summed E-state index contributed by atoms with van der Waals surface area (Å²) in [5.74, 6) is -1.03. The monoisotopic (exact) mass is 478 g/mol. The summed E-state index contributed by atoms with van der Waals surface area (Å²) in [5, 5.41) is 15.1. The van der Waals surface area contributed by atoms with Gasteiger partial charge in [-0.1, -0.05) is 61.9 Å². The van der Waals surface area contributed by atoms with Crippen molar-refractivity contribution in [2.45, 2.75) is 57.4 Å². The van der Waals surface area contributed by atoms with Gasteiger partial charge in [0.1, 0.15) is 12.1 Å². The molecule has 1 fully saturated rings. The van der Waals surface area contributed by atoms with Gasteiger partial charge in [-0.15, -0.1) is 0 Å². The first-order valence-electron chi connectivity index (χ1n) is 12.5. The van der Waals surface area contributed by atoms with E-state index in [2.05, 4.69) is 34.9 Å². The van der Waals surface area contributed by atoms with Crippen LogP contribution in [0, 0.1) is 11.8 Å². The fraction of sp³-hybridized carbons (Fsp3) is 0.464. The molecule has 0 radical (unpaired) electrons. The number of fused-ring (bicyclic) bond motifs is 3. The fourth-order valence-electron chi connectivity index (χ4n) is 5.16. The molecule has 2 aromatic carbocycles. The smallest absolute Gasteiger partial charge is 0.407 e.